The van der Waals surface area contributed by atoms with Gasteiger partial charge < -0.3 is 0 Å². The summed E-state index contributed by atoms with van der Waals surface area (Å²) in [6.07, 6.45) is 5.07. The standard InChI is InChI=1S/C12H16I3N/c1-3-5-8(6-4-2)11-9(13)7-10(14)16-12(11)15/h7-8H,3-6H2,1-2H3. The first-order chi connectivity index (χ1) is 7.60. The molecule has 0 atom stereocenters. The highest BCUT2D eigenvalue weighted by Gasteiger charge is 2.17. The maximum absolute atomic E-state index is 4.59. The Morgan fingerprint density at radius 2 is 1.69 bits per heavy atom. The minimum absolute atomic E-state index is 0.693. The van der Waals surface area contributed by atoms with Crippen molar-refractivity contribution in [2.24, 2.45) is 0 Å². The van der Waals surface area contributed by atoms with Gasteiger partial charge in [-0.25, -0.2) is 4.98 Å². The predicted octanol–water partition coefficient (Wildman–Crippen LogP) is 5.58. The molecule has 0 aromatic carbocycles. The van der Waals surface area contributed by atoms with Crippen LogP contribution in [0.5, 0.6) is 0 Å². The van der Waals surface area contributed by atoms with Crippen LogP contribution in [0.1, 0.15) is 51.0 Å². The molecule has 1 rings (SSSR count). The lowest BCUT2D eigenvalue weighted by Gasteiger charge is -2.18. The molecule has 90 valence electrons. The second kappa shape index (κ2) is 7.70. The van der Waals surface area contributed by atoms with Crippen LogP contribution in [-0.2, 0) is 0 Å². The van der Waals surface area contributed by atoms with Gasteiger partial charge in [0.25, 0.3) is 0 Å². The maximum atomic E-state index is 4.59. The lowest BCUT2D eigenvalue weighted by Crippen LogP contribution is -2.06. The summed E-state index contributed by atoms with van der Waals surface area (Å²) >= 11 is 7.14. The highest BCUT2D eigenvalue weighted by molar-refractivity contribution is 14.1. The summed E-state index contributed by atoms with van der Waals surface area (Å²) in [5.74, 6) is 0.693. The molecule has 4 heteroatoms. The summed E-state index contributed by atoms with van der Waals surface area (Å²) in [5, 5.41) is 0. The second-order valence-electron chi connectivity index (χ2n) is 3.91. The van der Waals surface area contributed by atoms with E-state index in [-0.39, 0.29) is 0 Å². The Labute approximate surface area is 139 Å². The van der Waals surface area contributed by atoms with Crippen LogP contribution < -0.4 is 0 Å². The molecule has 0 saturated heterocycles. The van der Waals surface area contributed by atoms with Crippen LogP contribution in [0.2, 0.25) is 0 Å². The van der Waals surface area contributed by atoms with E-state index in [2.05, 4.69) is 92.7 Å². The lowest BCUT2D eigenvalue weighted by molar-refractivity contribution is 0.554. The number of hydrogen-bond donors (Lipinski definition) is 0. The topological polar surface area (TPSA) is 12.9 Å². The SMILES string of the molecule is CCCC(CCC)c1c(I)cc(I)nc1I. The first kappa shape index (κ1) is 15.4. The molecule has 0 radical (unpaired) electrons. The average Bonchev–Trinajstić information content (AvgIpc) is 2.16. The fourth-order valence-electron chi connectivity index (χ4n) is 1.96. The molecule has 0 amide bonds. The molecule has 0 aliphatic carbocycles. The van der Waals surface area contributed by atoms with Crippen molar-refractivity contribution in [3.05, 3.63) is 22.6 Å². The lowest BCUT2D eigenvalue weighted by atomic mass is 9.92. The van der Waals surface area contributed by atoms with E-state index in [1.807, 2.05) is 0 Å². The van der Waals surface area contributed by atoms with Gasteiger partial charge in [0.05, 0.1) is 0 Å². The van der Waals surface area contributed by atoms with Crippen LogP contribution in [0.3, 0.4) is 0 Å². The molecule has 1 aromatic rings. The minimum Gasteiger partial charge on any atom is -0.236 e. The molecule has 0 unspecified atom stereocenters. The van der Waals surface area contributed by atoms with Gasteiger partial charge in [0.15, 0.2) is 0 Å². The Balaban J connectivity index is 3.07. The molecule has 0 saturated carbocycles. The number of nitrogens with zero attached hydrogens (tertiary/aromatic N) is 1. The molecule has 1 nitrogen and oxygen atoms in total. The molecule has 0 N–H and O–H groups in total. The monoisotopic (exact) mass is 555 g/mol. The van der Waals surface area contributed by atoms with Crippen LogP contribution in [0.4, 0.5) is 0 Å². The van der Waals surface area contributed by atoms with Crippen molar-refractivity contribution in [1.29, 1.82) is 0 Å². The zero-order chi connectivity index (χ0) is 12.1. The highest BCUT2D eigenvalue weighted by Crippen LogP contribution is 2.33. The summed E-state index contributed by atoms with van der Waals surface area (Å²) in [6, 6.07) is 2.19. The molecule has 1 aromatic heterocycles. The van der Waals surface area contributed by atoms with Gasteiger partial charge in [0.2, 0.25) is 0 Å². The Bertz CT molecular complexity index is 323. The van der Waals surface area contributed by atoms with Gasteiger partial charge >= 0.3 is 0 Å². The normalized spacial score (nSPS) is 11.1. The molecule has 1 heterocycles. The third-order valence-corrected chi connectivity index (χ3v) is 4.88. The molecular formula is C12H16I3N. The molecule has 0 fully saturated rings. The van der Waals surface area contributed by atoms with E-state index in [1.54, 1.807) is 0 Å². The Morgan fingerprint density at radius 3 is 2.12 bits per heavy atom. The van der Waals surface area contributed by atoms with Gasteiger partial charge in [-0.05, 0) is 92.6 Å². The van der Waals surface area contributed by atoms with E-state index in [4.69, 9.17) is 0 Å². The second-order valence-corrected chi connectivity index (χ2v) is 7.19. The maximum Gasteiger partial charge on any atom is 0.107 e. The number of halogens is 3. The van der Waals surface area contributed by atoms with Crippen LogP contribution in [-0.4, -0.2) is 4.98 Å². The molecule has 16 heavy (non-hydrogen) atoms. The molecule has 0 aliphatic heterocycles. The third kappa shape index (κ3) is 4.22. The number of hydrogen-bond acceptors (Lipinski definition) is 1. The smallest absolute Gasteiger partial charge is 0.107 e. The largest absolute Gasteiger partial charge is 0.236 e. The fraction of sp³-hybridized carbons (Fsp3) is 0.583. The van der Waals surface area contributed by atoms with E-state index >= 15 is 0 Å². The van der Waals surface area contributed by atoms with Crippen LogP contribution in [0, 0.1) is 11.0 Å². The molecular weight excluding hydrogens is 539 g/mol. The van der Waals surface area contributed by atoms with Gasteiger partial charge in [-0.1, -0.05) is 26.7 Å². The average molecular weight is 555 g/mol. The van der Waals surface area contributed by atoms with Crippen LogP contribution in [0.25, 0.3) is 0 Å². The number of pyridine rings is 1. The Morgan fingerprint density at radius 1 is 1.12 bits per heavy atom. The summed E-state index contributed by atoms with van der Waals surface area (Å²) < 4.78 is 3.68. The van der Waals surface area contributed by atoms with Gasteiger partial charge in [-0.2, -0.15) is 0 Å². The van der Waals surface area contributed by atoms with E-state index in [1.165, 1.54) is 38.5 Å². The Kier molecular flexibility index (Phi) is 7.41. The first-order valence-electron chi connectivity index (χ1n) is 5.61. The fourth-order valence-corrected chi connectivity index (χ4v) is 6.07. The van der Waals surface area contributed by atoms with Crippen molar-refractivity contribution in [2.45, 2.75) is 45.4 Å². The molecule has 0 bridgehead atoms. The van der Waals surface area contributed by atoms with Gasteiger partial charge in [0, 0.05) is 9.13 Å². The van der Waals surface area contributed by atoms with E-state index < -0.39 is 0 Å². The quantitative estimate of drug-likeness (QED) is 0.342. The van der Waals surface area contributed by atoms with E-state index in [9.17, 15) is 0 Å². The van der Waals surface area contributed by atoms with Gasteiger partial charge in [0.1, 0.15) is 7.40 Å². The minimum atomic E-state index is 0.693. The van der Waals surface area contributed by atoms with E-state index in [0.717, 1.165) is 3.70 Å². The summed E-state index contributed by atoms with van der Waals surface area (Å²) in [5.41, 5.74) is 1.48. The summed E-state index contributed by atoms with van der Waals surface area (Å²) in [7, 11) is 0. The zero-order valence-corrected chi connectivity index (χ0v) is 16.0. The van der Waals surface area contributed by atoms with Crippen molar-refractivity contribution in [2.75, 3.05) is 0 Å². The van der Waals surface area contributed by atoms with Crippen LogP contribution in [0.15, 0.2) is 6.07 Å². The number of aromatic nitrogens is 1. The summed E-state index contributed by atoms with van der Waals surface area (Å²) in [6.45, 7) is 4.53. The van der Waals surface area contributed by atoms with Crippen molar-refractivity contribution >= 4 is 67.8 Å². The van der Waals surface area contributed by atoms with Crippen molar-refractivity contribution < 1.29 is 0 Å². The first-order valence-corrected chi connectivity index (χ1v) is 8.85. The van der Waals surface area contributed by atoms with Gasteiger partial charge in [-0.3, -0.25) is 0 Å². The van der Waals surface area contributed by atoms with Crippen molar-refractivity contribution in [1.82, 2.24) is 4.98 Å². The van der Waals surface area contributed by atoms with Crippen molar-refractivity contribution in [3.8, 4) is 0 Å². The Hall–Kier alpha value is 1.34. The predicted molar refractivity (Wildman–Crippen MR) is 94.9 cm³/mol. The van der Waals surface area contributed by atoms with E-state index in [0.29, 0.717) is 5.92 Å². The van der Waals surface area contributed by atoms with Crippen LogP contribution >= 0.6 is 67.8 Å². The van der Waals surface area contributed by atoms with Gasteiger partial charge in [-0.15, -0.1) is 0 Å². The number of rotatable bonds is 5. The summed E-state index contributed by atoms with van der Waals surface area (Å²) in [4.78, 5) is 4.59. The van der Waals surface area contributed by atoms with Crippen molar-refractivity contribution in [3.63, 3.8) is 0 Å². The molecule has 0 aliphatic rings. The molecule has 0 spiro atoms. The zero-order valence-electron chi connectivity index (χ0n) is 9.56. The highest BCUT2D eigenvalue weighted by atomic mass is 127. The third-order valence-electron chi connectivity index (χ3n) is 2.61.